The fourth-order valence-electron chi connectivity index (χ4n) is 2.60. The van der Waals surface area contributed by atoms with Gasteiger partial charge in [-0.25, -0.2) is 0 Å². The van der Waals surface area contributed by atoms with Crippen molar-refractivity contribution in [1.82, 2.24) is 5.32 Å². The topological polar surface area (TPSA) is 49.3 Å². The number of amides is 1. The first kappa shape index (κ1) is 15.5. The molecule has 4 heteroatoms. The Morgan fingerprint density at radius 2 is 2.20 bits per heavy atom. The van der Waals surface area contributed by atoms with Crippen LogP contribution < -0.4 is 5.32 Å². The van der Waals surface area contributed by atoms with Crippen LogP contribution in [0.5, 0.6) is 0 Å². The summed E-state index contributed by atoms with van der Waals surface area (Å²) < 4.78 is 0. The van der Waals surface area contributed by atoms with Gasteiger partial charge in [0.05, 0.1) is 4.88 Å². The third-order valence-electron chi connectivity index (χ3n) is 4.20. The number of carbonyl (C=O) groups is 1. The molecule has 0 aromatic carbocycles. The van der Waals surface area contributed by atoms with E-state index < -0.39 is 0 Å². The van der Waals surface area contributed by atoms with Crippen molar-refractivity contribution in [1.29, 1.82) is 0 Å². The maximum atomic E-state index is 12.2. The Bertz CT molecular complexity index is 463. The number of nitrogens with one attached hydrogen (secondary N) is 1. The predicted octanol–water partition coefficient (Wildman–Crippen LogP) is 3.16. The fraction of sp³-hybridized carbons (Fsp3) is 0.688. The predicted molar refractivity (Wildman–Crippen MR) is 83.4 cm³/mol. The molecule has 0 spiro atoms. The molecule has 1 heterocycles. The average Bonchev–Trinajstić information content (AvgIpc) is 3.08. The Balaban J connectivity index is 1.95. The Labute approximate surface area is 125 Å². The highest BCUT2D eigenvalue weighted by Crippen LogP contribution is 2.47. The number of rotatable bonds is 8. The van der Waals surface area contributed by atoms with Crippen molar-refractivity contribution in [3.05, 3.63) is 21.4 Å². The molecule has 1 fully saturated rings. The second-order valence-corrected chi connectivity index (χ2v) is 6.96. The quantitative estimate of drug-likeness (QED) is 0.774. The van der Waals surface area contributed by atoms with Crippen molar-refractivity contribution in [2.45, 2.75) is 52.4 Å². The van der Waals surface area contributed by atoms with Crippen molar-refractivity contribution >= 4 is 17.2 Å². The van der Waals surface area contributed by atoms with E-state index in [2.05, 4.69) is 25.2 Å². The number of hydrogen-bond acceptors (Lipinski definition) is 3. The van der Waals surface area contributed by atoms with Crippen LogP contribution >= 0.6 is 11.3 Å². The standard InChI is InChI=1S/C16H25NO2S/c1-3-5-13-12(4-2)10-14(20-13)15(19)17-11-16(6-7-16)8-9-18/h10,18H,3-9,11H2,1-2H3,(H,17,19). The minimum atomic E-state index is 0.0521. The summed E-state index contributed by atoms with van der Waals surface area (Å²) in [5, 5.41) is 12.1. The van der Waals surface area contributed by atoms with Crippen LogP contribution in [-0.4, -0.2) is 24.2 Å². The third-order valence-corrected chi connectivity index (χ3v) is 5.44. The lowest BCUT2D eigenvalue weighted by atomic mass is 10.0. The van der Waals surface area contributed by atoms with Crippen LogP contribution in [0.1, 0.15) is 59.6 Å². The molecular formula is C16H25NO2S. The zero-order valence-electron chi connectivity index (χ0n) is 12.5. The largest absolute Gasteiger partial charge is 0.396 e. The van der Waals surface area contributed by atoms with E-state index in [1.54, 1.807) is 11.3 Å². The van der Waals surface area contributed by atoms with Crippen LogP contribution in [0, 0.1) is 5.41 Å². The van der Waals surface area contributed by atoms with Crippen LogP contribution in [0.25, 0.3) is 0 Å². The van der Waals surface area contributed by atoms with E-state index in [1.807, 2.05) is 0 Å². The van der Waals surface area contributed by atoms with Crippen molar-refractivity contribution in [3.8, 4) is 0 Å². The molecular weight excluding hydrogens is 270 g/mol. The summed E-state index contributed by atoms with van der Waals surface area (Å²) in [5.74, 6) is 0.0521. The molecule has 0 saturated heterocycles. The molecule has 2 rings (SSSR count). The van der Waals surface area contributed by atoms with Gasteiger partial charge in [-0.1, -0.05) is 20.3 Å². The number of thiophene rings is 1. The van der Waals surface area contributed by atoms with Crippen LogP contribution in [0.4, 0.5) is 0 Å². The summed E-state index contributed by atoms with van der Waals surface area (Å²) >= 11 is 1.64. The van der Waals surface area contributed by atoms with Gasteiger partial charge in [0, 0.05) is 18.0 Å². The lowest BCUT2D eigenvalue weighted by molar-refractivity contribution is 0.0945. The molecule has 0 atom stereocenters. The second kappa shape index (κ2) is 6.72. The fourth-order valence-corrected chi connectivity index (χ4v) is 3.87. The Morgan fingerprint density at radius 1 is 1.45 bits per heavy atom. The van der Waals surface area contributed by atoms with Crippen LogP contribution in [0.2, 0.25) is 0 Å². The van der Waals surface area contributed by atoms with E-state index in [1.165, 1.54) is 10.4 Å². The molecule has 0 radical (unpaired) electrons. The first-order chi connectivity index (χ1) is 9.64. The average molecular weight is 295 g/mol. The smallest absolute Gasteiger partial charge is 0.261 e. The molecule has 0 aliphatic heterocycles. The summed E-state index contributed by atoms with van der Waals surface area (Å²) in [6.45, 7) is 5.23. The summed E-state index contributed by atoms with van der Waals surface area (Å²) in [5.41, 5.74) is 1.50. The van der Waals surface area contributed by atoms with Crippen molar-refractivity contribution in [3.63, 3.8) is 0 Å². The number of aliphatic hydroxyl groups excluding tert-OH is 1. The highest BCUT2D eigenvalue weighted by molar-refractivity contribution is 7.14. The Kier molecular flexibility index (Phi) is 5.22. The van der Waals surface area contributed by atoms with Crippen molar-refractivity contribution < 1.29 is 9.90 Å². The van der Waals surface area contributed by atoms with E-state index in [0.29, 0.717) is 6.54 Å². The zero-order chi connectivity index (χ0) is 14.6. The molecule has 1 amide bonds. The summed E-state index contributed by atoms with van der Waals surface area (Å²) in [7, 11) is 0. The third kappa shape index (κ3) is 3.61. The number of aliphatic hydroxyl groups is 1. The minimum Gasteiger partial charge on any atom is -0.396 e. The minimum absolute atomic E-state index is 0.0521. The molecule has 1 saturated carbocycles. The summed E-state index contributed by atoms with van der Waals surface area (Å²) in [6.07, 6.45) is 6.23. The first-order valence-corrected chi connectivity index (χ1v) is 8.46. The van der Waals surface area contributed by atoms with E-state index in [-0.39, 0.29) is 17.9 Å². The number of aryl methyl sites for hydroxylation is 2. The molecule has 1 aliphatic carbocycles. The van der Waals surface area contributed by atoms with Crippen molar-refractivity contribution in [2.24, 2.45) is 5.41 Å². The number of hydrogen-bond donors (Lipinski definition) is 2. The lowest BCUT2D eigenvalue weighted by Crippen LogP contribution is -2.30. The molecule has 20 heavy (non-hydrogen) atoms. The monoisotopic (exact) mass is 295 g/mol. The molecule has 1 aromatic heterocycles. The molecule has 112 valence electrons. The number of carbonyl (C=O) groups excluding carboxylic acids is 1. The Hall–Kier alpha value is -0.870. The van der Waals surface area contributed by atoms with E-state index in [9.17, 15) is 4.79 Å². The molecule has 1 aliphatic rings. The normalized spacial score (nSPS) is 16.1. The maximum absolute atomic E-state index is 12.2. The molecule has 0 bridgehead atoms. The molecule has 1 aromatic rings. The maximum Gasteiger partial charge on any atom is 0.261 e. The van der Waals surface area contributed by atoms with E-state index in [4.69, 9.17) is 5.11 Å². The molecule has 2 N–H and O–H groups in total. The molecule has 0 unspecified atom stereocenters. The van der Waals surface area contributed by atoms with Gasteiger partial charge >= 0.3 is 0 Å². The van der Waals surface area contributed by atoms with Crippen LogP contribution in [0.3, 0.4) is 0 Å². The van der Waals surface area contributed by atoms with Gasteiger partial charge in [-0.05, 0) is 49.1 Å². The summed E-state index contributed by atoms with van der Waals surface area (Å²) in [6, 6.07) is 2.05. The summed E-state index contributed by atoms with van der Waals surface area (Å²) in [4.78, 5) is 14.4. The van der Waals surface area contributed by atoms with E-state index in [0.717, 1.165) is 43.4 Å². The first-order valence-electron chi connectivity index (χ1n) is 7.65. The van der Waals surface area contributed by atoms with Gasteiger partial charge in [-0.3, -0.25) is 4.79 Å². The van der Waals surface area contributed by atoms with Gasteiger partial charge in [-0.15, -0.1) is 11.3 Å². The Morgan fingerprint density at radius 3 is 2.75 bits per heavy atom. The van der Waals surface area contributed by atoms with Gasteiger partial charge in [-0.2, -0.15) is 0 Å². The lowest BCUT2D eigenvalue weighted by Gasteiger charge is -2.13. The van der Waals surface area contributed by atoms with Gasteiger partial charge in [0.2, 0.25) is 0 Å². The SMILES string of the molecule is CCCc1sc(C(=O)NCC2(CCO)CC2)cc1CC. The molecule has 3 nitrogen and oxygen atoms in total. The van der Waals surface area contributed by atoms with Gasteiger partial charge in [0.1, 0.15) is 0 Å². The zero-order valence-corrected chi connectivity index (χ0v) is 13.3. The second-order valence-electron chi connectivity index (χ2n) is 5.82. The van der Waals surface area contributed by atoms with Gasteiger partial charge in [0.25, 0.3) is 5.91 Å². The van der Waals surface area contributed by atoms with Crippen LogP contribution in [-0.2, 0) is 12.8 Å². The van der Waals surface area contributed by atoms with E-state index >= 15 is 0 Å². The highest BCUT2D eigenvalue weighted by atomic mass is 32.1. The van der Waals surface area contributed by atoms with Gasteiger partial charge < -0.3 is 10.4 Å². The highest BCUT2D eigenvalue weighted by Gasteiger charge is 2.41. The van der Waals surface area contributed by atoms with Crippen LogP contribution in [0.15, 0.2) is 6.07 Å². The van der Waals surface area contributed by atoms with Gasteiger partial charge in [0.15, 0.2) is 0 Å². The van der Waals surface area contributed by atoms with Crippen molar-refractivity contribution in [2.75, 3.05) is 13.2 Å².